The molecule has 0 spiro atoms. The average molecular weight is 310 g/mol. The Morgan fingerprint density at radius 3 is 2.61 bits per heavy atom. The van der Waals surface area contributed by atoms with Gasteiger partial charge in [-0.05, 0) is 49.7 Å². The molecule has 1 atom stereocenters. The van der Waals surface area contributed by atoms with Crippen molar-refractivity contribution < 1.29 is 9.15 Å². The van der Waals surface area contributed by atoms with Gasteiger partial charge in [-0.2, -0.15) is 0 Å². The van der Waals surface area contributed by atoms with Crippen LogP contribution in [0.15, 0.2) is 39.2 Å². The van der Waals surface area contributed by atoms with Gasteiger partial charge < -0.3 is 14.9 Å². The molecule has 1 aromatic carbocycles. The highest BCUT2D eigenvalue weighted by molar-refractivity contribution is 9.10. The van der Waals surface area contributed by atoms with Gasteiger partial charge in [0.15, 0.2) is 6.10 Å². The Kier molecular flexibility index (Phi) is 4.09. The number of aryl methyl sites for hydroxylation is 2. The topological polar surface area (TPSA) is 48.4 Å². The molecule has 3 nitrogen and oxygen atoms in total. The highest BCUT2D eigenvalue weighted by Crippen LogP contribution is 2.27. The molecule has 4 heteroatoms. The lowest BCUT2D eigenvalue weighted by molar-refractivity contribution is 0.181. The standard InChI is InChI=1S/C14H16BrNO2/c1-9-7-11(15)4-6-12(9)18-14(8-16)13-5-3-10(2)17-13/h3-7,14H,8,16H2,1-2H3. The molecule has 0 amide bonds. The predicted molar refractivity (Wildman–Crippen MR) is 74.7 cm³/mol. The summed E-state index contributed by atoms with van der Waals surface area (Å²) in [6.07, 6.45) is -0.251. The van der Waals surface area contributed by atoms with Crippen LogP contribution in [0.3, 0.4) is 0 Å². The fraction of sp³-hybridized carbons (Fsp3) is 0.286. The molecule has 0 fully saturated rings. The van der Waals surface area contributed by atoms with Crippen LogP contribution in [-0.4, -0.2) is 6.54 Å². The third-order valence-corrected chi connectivity index (χ3v) is 3.19. The van der Waals surface area contributed by atoms with Crippen LogP contribution in [-0.2, 0) is 0 Å². The molecule has 2 N–H and O–H groups in total. The first-order valence-corrected chi connectivity index (χ1v) is 6.58. The predicted octanol–water partition coefficient (Wildman–Crippen LogP) is 3.74. The Labute approximate surface area is 115 Å². The molecule has 2 rings (SSSR count). The number of halogens is 1. The summed E-state index contributed by atoms with van der Waals surface area (Å²) < 4.78 is 12.5. The summed E-state index contributed by atoms with van der Waals surface area (Å²) in [7, 11) is 0. The van der Waals surface area contributed by atoms with E-state index in [1.54, 1.807) is 0 Å². The first-order chi connectivity index (χ1) is 8.60. The van der Waals surface area contributed by atoms with Gasteiger partial charge in [-0.25, -0.2) is 0 Å². The summed E-state index contributed by atoms with van der Waals surface area (Å²) in [5.41, 5.74) is 6.81. The van der Waals surface area contributed by atoms with Crippen molar-refractivity contribution in [2.75, 3.05) is 6.54 Å². The summed E-state index contributed by atoms with van der Waals surface area (Å²) in [4.78, 5) is 0. The van der Waals surface area contributed by atoms with Crippen molar-refractivity contribution in [3.63, 3.8) is 0 Å². The second kappa shape index (κ2) is 5.59. The number of ether oxygens (including phenoxy) is 1. The molecule has 96 valence electrons. The summed E-state index contributed by atoms with van der Waals surface area (Å²) in [5, 5.41) is 0. The Morgan fingerprint density at radius 2 is 2.06 bits per heavy atom. The largest absolute Gasteiger partial charge is 0.481 e. The van der Waals surface area contributed by atoms with E-state index in [0.717, 1.165) is 27.3 Å². The SMILES string of the molecule is Cc1ccc(C(CN)Oc2ccc(Br)cc2C)o1. The van der Waals surface area contributed by atoms with Crippen molar-refractivity contribution in [2.45, 2.75) is 20.0 Å². The third-order valence-electron chi connectivity index (χ3n) is 2.70. The summed E-state index contributed by atoms with van der Waals surface area (Å²) >= 11 is 3.43. The number of hydrogen-bond donors (Lipinski definition) is 1. The first-order valence-electron chi connectivity index (χ1n) is 5.79. The highest BCUT2D eigenvalue weighted by Gasteiger charge is 2.16. The third kappa shape index (κ3) is 2.94. The molecule has 0 saturated carbocycles. The van der Waals surface area contributed by atoms with Gasteiger partial charge in [0, 0.05) is 11.0 Å². The van der Waals surface area contributed by atoms with Gasteiger partial charge in [0.25, 0.3) is 0 Å². The van der Waals surface area contributed by atoms with E-state index in [0.29, 0.717) is 6.54 Å². The lowest BCUT2D eigenvalue weighted by atomic mass is 10.2. The van der Waals surface area contributed by atoms with Gasteiger partial charge >= 0.3 is 0 Å². The van der Waals surface area contributed by atoms with Gasteiger partial charge in [0.1, 0.15) is 17.3 Å². The second-order valence-corrected chi connectivity index (χ2v) is 5.12. The van der Waals surface area contributed by atoms with Gasteiger partial charge in [-0.15, -0.1) is 0 Å². The summed E-state index contributed by atoms with van der Waals surface area (Å²) in [6.45, 7) is 4.28. The molecule has 0 aliphatic carbocycles. The number of benzene rings is 1. The van der Waals surface area contributed by atoms with Gasteiger partial charge in [-0.3, -0.25) is 0 Å². The van der Waals surface area contributed by atoms with Crippen molar-refractivity contribution in [3.05, 3.63) is 51.9 Å². The van der Waals surface area contributed by atoms with Crippen LogP contribution in [0.2, 0.25) is 0 Å². The van der Waals surface area contributed by atoms with Crippen molar-refractivity contribution in [1.29, 1.82) is 0 Å². The molecular formula is C14H16BrNO2. The molecule has 0 saturated heterocycles. The van der Waals surface area contributed by atoms with E-state index in [1.165, 1.54) is 0 Å². The van der Waals surface area contributed by atoms with E-state index >= 15 is 0 Å². The van der Waals surface area contributed by atoms with Crippen molar-refractivity contribution >= 4 is 15.9 Å². The number of rotatable bonds is 4. The van der Waals surface area contributed by atoms with Crippen LogP contribution in [0.1, 0.15) is 23.2 Å². The van der Waals surface area contributed by atoms with E-state index in [1.807, 2.05) is 44.2 Å². The normalized spacial score (nSPS) is 12.4. The van der Waals surface area contributed by atoms with Crippen LogP contribution in [0, 0.1) is 13.8 Å². The molecule has 2 aromatic rings. The molecule has 0 aliphatic heterocycles. The molecule has 1 heterocycles. The van der Waals surface area contributed by atoms with Crippen molar-refractivity contribution in [1.82, 2.24) is 0 Å². The number of nitrogens with two attached hydrogens (primary N) is 1. The quantitative estimate of drug-likeness (QED) is 0.936. The molecular weight excluding hydrogens is 294 g/mol. The van der Waals surface area contributed by atoms with E-state index in [9.17, 15) is 0 Å². The zero-order valence-corrected chi connectivity index (χ0v) is 12.0. The minimum Gasteiger partial charge on any atom is -0.481 e. The molecule has 0 radical (unpaired) electrons. The maximum atomic E-state index is 5.91. The van der Waals surface area contributed by atoms with Crippen molar-refractivity contribution in [2.24, 2.45) is 5.73 Å². The zero-order chi connectivity index (χ0) is 13.1. The fourth-order valence-corrected chi connectivity index (χ4v) is 2.22. The van der Waals surface area contributed by atoms with Gasteiger partial charge in [0.05, 0.1) is 0 Å². The minimum atomic E-state index is -0.251. The van der Waals surface area contributed by atoms with Crippen LogP contribution in [0.25, 0.3) is 0 Å². The van der Waals surface area contributed by atoms with E-state index in [2.05, 4.69) is 15.9 Å². The summed E-state index contributed by atoms with van der Waals surface area (Å²) in [5.74, 6) is 2.44. The van der Waals surface area contributed by atoms with E-state index in [-0.39, 0.29) is 6.10 Å². The fourth-order valence-electron chi connectivity index (χ4n) is 1.75. The van der Waals surface area contributed by atoms with Crippen LogP contribution >= 0.6 is 15.9 Å². The van der Waals surface area contributed by atoms with Crippen LogP contribution < -0.4 is 10.5 Å². The molecule has 0 bridgehead atoms. The number of furan rings is 1. The maximum absolute atomic E-state index is 5.91. The highest BCUT2D eigenvalue weighted by atomic mass is 79.9. The van der Waals surface area contributed by atoms with E-state index in [4.69, 9.17) is 14.9 Å². The Balaban J connectivity index is 2.20. The molecule has 1 aromatic heterocycles. The molecule has 18 heavy (non-hydrogen) atoms. The maximum Gasteiger partial charge on any atom is 0.168 e. The molecule has 0 aliphatic rings. The average Bonchev–Trinajstić information content (AvgIpc) is 2.75. The second-order valence-electron chi connectivity index (χ2n) is 4.20. The van der Waals surface area contributed by atoms with E-state index < -0.39 is 0 Å². The Bertz CT molecular complexity index is 536. The Morgan fingerprint density at radius 1 is 1.28 bits per heavy atom. The smallest absolute Gasteiger partial charge is 0.168 e. The van der Waals surface area contributed by atoms with Crippen LogP contribution in [0.5, 0.6) is 5.75 Å². The van der Waals surface area contributed by atoms with Gasteiger partial charge in [0.2, 0.25) is 0 Å². The Hall–Kier alpha value is -1.26. The monoisotopic (exact) mass is 309 g/mol. The molecule has 1 unspecified atom stereocenters. The van der Waals surface area contributed by atoms with Gasteiger partial charge in [-0.1, -0.05) is 15.9 Å². The first kappa shape index (κ1) is 13.2. The minimum absolute atomic E-state index is 0.251. The van der Waals surface area contributed by atoms with Crippen molar-refractivity contribution in [3.8, 4) is 5.75 Å². The lowest BCUT2D eigenvalue weighted by Gasteiger charge is -2.17. The summed E-state index contributed by atoms with van der Waals surface area (Å²) in [6, 6.07) is 9.70. The zero-order valence-electron chi connectivity index (χ0n) is 10.4. The lowest BCUT2D eigenvalue weighted by Crippen LogP contribution is -2.18. The van der Waals surface area contributed by atoms with Crippen LogP contribution in [0.4, 0.5) is 0 Å². The number of hydrogen-bond acceptors (Lipinski definition) is 3.